The molecule has 2 amide bonds. The van der Waals surface area contributed by atoms with Crippen molar-refractivity contribution in [2.45, 2.75) is 39.7 Å². The maximum Gasteiger partial charge on any atom is 0.252 e. The molecule has 1 atom stereocenters. The van der Waals surface area contributed by atoms with E-state index in [0.29, 0.717) is 42.6 Å². The number of aromatic nitrogens is 2. The number of amides is 2. The van der Waals surface area contributed by atoms with Crippen LogP contribution in [-0.4, -0.2) is 41.0 Å². The molecule has 0 saturated carbocycles. The Morgan fingerprint density at radius 3 is 2.48 bits per heavy atom. The molecule has 1 aromatic heterocycles. The number of anilines is 1. The van der Waals surface area contributed by atoms with Gasteiger partial charge in [0.25, 0.3) is 5.91 Å². The molecule has 0 bridgehead atoms. The van der Waals surface area contributed by atoms with Crippen LogP contribution in [0.25, 0.3) is 11.0 Å². The topological polar surface area (TPSA) is 105 Å². The SMILES string of the molecule is CCC[C@@H](NC(=O)c1ccc(OCC)c(OCC)c1)C(=O)Nc1nc2ccccc2[nH]1. The first-order valence-electron chi connectivity index (χ1n) is 10.5. The van der Waals surface area contributed by atoms with Crippen molar-refractivity contribution < 1.29 is 19.1 Å². The van der Waals surface area contributed by atoms with Crippen LogP contribution in [0.3, 0.4) is 0 Å². The predicted molar refractivity (Wildman–Crippen MR) is 120 cm³/mol. The third-order valence-corrected chi connectivity index (χ3v) is 4.64. The zero-order valence-electron chi connectivity index (χ0n) is 18.0. The second-order valence-electron chi connectivity index (χ2n) is 6.93. The van der Waals surface area contributed by atoms with Crippen molar-refractivity contribution in [1.29, 1.82) is 0 Å². The molecule has 0 spiro atoms. The molecule has 8 nitrogen and oxygen atoms in total. The van der Waals surface area contributed by atoms with E-state index in [1.165, 1.54) is 0 Å². The highest BCUT2D eigenvalue weighted by Crippen LogP contribution is 2.28. The number of carbonyl (C=O) groups excluding carboxylic acids is 2. The largest absolute Gasteiger partial charge is 0.490 e. The number of rotatable bonds is 10. The summed E-state index contributed by atoms with van der Waals surface area (Å²) in [5, 5.41) is 5.59. The number of nitrogens with zero attached hydrogens (tertiary/aromatic N) is 1. The summed E-state index contributed by atoms with van der Waals surface area (Å²) >= 11 is 0. The molecule has 3 aromatic rings. The number of para-hydroxylation sites is 2. The Balaban J connectivity index is 1.73. The van der Waals surface area contributed by atoms with Gasteiger partial charge in [0, 0.05) is 5.56 Å². The minimum atomic E-state index is -0.701. The number of benzene rings is 2. The summed E-state index contributed by atoms with van der Waals surface area (Å²) in [4.78, 5) is 33.1. The zero-order chi connectivity index (χ0) is 22.2. The number of nitrogens with one attached hydrogen (secondary N) is 3. The van der Waals surface area contributed by atoms with Crippen molar-refractivity contribution in [3.8, 4) is 11.5 Å². The maximum atomic E-state index is 12.8. The molecule has 0 aliphatic heterocycles. The number of hydrogen-bond donors (Lipinski definition) is 3. The average molecular weight is 425 g/mol. The number of hydrogen-bond acceptors (Lipinski definition) is 5. The third kappa shape index (κ3) is 5.53. The lowest BCUT2D eigenvalue weighted by atomic mass is 10.1. The lowest BCUT2D eigenvalue weighted by molar-refractivity contribution is -0.118. The average Bonchev–Trinajstić information content (AvgIpc) is 3.17. The van der Waals surface area contributed by atoms with Crippen molar-refractivity contribution in [1.82, 2.24) is 15.3 Å². The van der Waals surface area contributed by atoms with E-state index in [4.69, 9.17) is 9.47 Å². The van der Waals surface area contributed by atoms with Crippen LogP contribution in [0.15, 0.2) is 42.5 Å². The van der Waals surface area contributed by atoms with Gasteiger partial charge in [-0.15, -0.1) is 0 Å². The molecule has 0 radical (unpaired) electrons. The van der Waals surface area contributed by atoms with Crippen LogP contribution in [0.4, 0.5) is 5.95 Å². The molecule has 0 unspecified atom stereocenters. The molecule has 3 rings (SSSR count). The smallest absolute Gasteiger partial charge is 0.252 e. The van der Waals surface area contributed by atoms with Gasteiger partial charge in [0.15, 0.2) is 11.5 Å². The summed E-state index contributed by atoms with van der Waals surface area (Å²) in [7, 11) is 0. The Morgan fingerprint density at radius 1 is 1.03 bits per heavy atom. The monoisotopic (exact) mass is 424 g/mol. The Morgan fingerprint density at radius 2 is 1.77 bits per heavy atom. The highest BCUT2D eigenvalue weighted by atomic mass is 16.5. The Labute approximate surface area is 181 Å². The highest BCUT2D eigenvalue weighted by molar-refractivity contribution is 6.01. The standard InChI is InChI=1S/C23H28N4O4/c1-4-9-18(22(29)27-23-25-16-10-7-8-11-17(16)26-23)24-21(28)15-12-13-19(30-5-2)20(14-15)31-6-3/h7-8,10-14,18H,4-6,9H2,1-3H3,(H,24,28)(H2,25,26,27,29)/t18-/m1/s1. The molecule has 8 heteroatoms. The van der Waals surface area contributed by atoms with Gasteiger partial charge in [0.1, 0.15) is 6.04 Å². The van der Waals surface area contributed by atoms with E-state index in [0.717, 1.165) is 17.5 Å². The van der Waals surface area contributed by atoms with Crippen molar-refractivity contribution in [3.05, 3.63) is 48.0 Å². The van der Waals surface area contributed by atoms with E-state index >= 15 is 0 Å². The van der Waals surface area contributed by atoms with Gasteiger partial charge in [-0.1, -0.05) is 25.5 Å². The van der Waals surface area contributed by atoms with Gasteiger partial charge in [-0.3, -0.25) is 14.9 Å². The Hall–Kier alpha value is -3.55. The molecule has 0 fully saturated rings. The molecule has 0 saturated heterocycles. The fourth-order valence-electron chi connectivity index (χ4n) is 3.21. The molecule has 0 aliphatic rings. The molecule has 164 valence electrons. The fourth-order valence-corrected chi connectivity index (χ4v) is 3.21. The number of fused-ring (bicyclic) bond motifs is 1. The lowest BCUT2D eigenvalue weighted by Crippen LogP contribution is -2.43. The van der Waals surface area contributed by atoms with Gasteiger partial charge in [-0.05, 0) is 50.6 Å². The first-order valence-corrected chi connectivity index (χ1v) is 10.5. The van der Waals surface area contributed by atoms with Crippen LogP contribution in [0.5, 0.6) is 11.5 Å². The summed E-state index contributed by atoms with van der Waals surface area (Å²) in [6.45, 7) is 6.64. The van der Waals surface area contributed by atoms with Crippen molar-refractivity contribution >= 4 is 28.8 Å². The van der Waals surface area contributed by atoms with Crippen LogP contribution in [-0.2, 0) is 4.79 Å². The second-order valence-corrected chi connectivity index (χ2v) is 6.93. The van der Waals surface area contributed by atoms with Crippen LogP contribution in [0.2, 0.25) is 0 Å². The van der Waals surface area contributed by atoms with Crippen molar-refractivity contribution in [2.75, 3.05) is 18.5 Å². The van der Waals surface area contributed by atoms with Gasteiger partial charge in [0.2, 0.25) is 11.9 Å². The van der Waals surface area contributed by atoms with Gasteiger partial charge in [-0.25, -0.2) is 4.98 Å². The lowest BCUT2D eigenvalue weighted by Gasteiger charge is -2.18. The molecule has 31 heavy (non-hydrogen) atoms. The molecule has 0 aliphatic carbocycles. The number of H-pyrrole nitrogens is 1. The van der Waals surface area contributed by atoms with Gasteiger partial charge >= 0.3 is 0 Å². The van der Waals surface area contributed by atoms with Crippen LogP contribution in [0, 0.1) is 0 Å². The molecular formula is C23H28N4O4. The highest BCUT2D eigenvalue weighted by Gasteiger charge is 2.22. The Bertz CT molecular complexity index is 1010. The molecule has 3 N–H and O–H groups in total. The van der Waals surface area contributed by atoms with Crippen molar-refractivity contribution in [2.24, 2.45) is 0 Å². The van der Waals surface area contributed by atoms with Crippen LogP contribution < -0.4 is 20.1 Å². The maximum absolute atomic E-state index is 12.8. The minimum Gasteiger partial charge on any atom is -0.490 e. The first kappa shape index (κ1) is 22.1. The zero-order valence-corrected chi connectivity index (χ0v) is 18.0. The second kappa shape index (κ2) is 10.5. The first-order chi connectivity index (χ1) is 15.0. The predicted octanol–water partition coefficient (Wildman–Crippen LogP) is 3.90. The number of aromatic amines is 1. The van der Waals surface area contributed by atoms with E-state index in [1.54, 1.807) is 18.2 Å². The fraction of sp³-hybridized carbons (Fsp3) is 0.348. The van der Waals surface area contributed by atoms with Crippen LogP contribution >= 0.6 is 0 Å². The summed E-state index contributed by atoms with van der Waals surface area (Å²) < 4.78 is 11.1. The van der Waals surface area contributed by atoms with Crippen molar-refractivity contribution in [3.63, 3.8) is 0 Å². The van der Waals surface area contributed by atoms with E-state index < -0.39 is 6.04 Å². The Kier molecular flexibility index (Phi) is 7.48. The molecule has 2 aromatic carbocycles. The van der Waals surface area contributed by atoms with Crippen LogP contribution in [0.1, 0.15) is 44.0 Å². The van der Waals surface area contributed by atoms with Gasteiger partial charge < -0.3 is 19.8 Å². The van der Waals surface area contributed by atoms with Gasteiger partial charge in [-0.2, -0.15) is 0 Å². The third-order valence-electron chi connectivity index (χ3n) is 4.64. The normalized spacial score (nSPS) is 11.7. The van der Waals surface area contributed by atoms with E-state index in [9.17, 15) is 9.59 Å². The van der Waals surface area contributed by atoms with E-state index in [-0.39, 0.29) is 11.8 Å². The number of ether oxygens (including phenoxy) is 2. The summed E-state index contributed by atoms with van der Waals surface area (Å²) in [5.74, 6) is 0.734. The van der Waals surface area contributed by atoms with E-state index in [1.807, 2.05) is 45.0 Å². The molecule has 1 heterocycles. The number of carbonyl (C=O) groups is 2. The summed E-state index contributed by atoms with van der Waals surface area (Å²) in [6, 6.07) is 11.8. The summed E-state index contributed by atoms with van der Waals surface area (Å²) in [6.07, 6.45) is 1.22. The quantitative estimate of drug-likeness (QED) is 0.458. The summed E-state index contributed by atoms with van der Waals surface area (Å²) in [5.41, 5.74) is 1.97. The van der Waals surface area contributed by atoms with Gasteiger partial charge in [0.05, 0.1) is 24.2 Å². The number of imidazole rings is 1. The minimum absolute atomic E-state index is 0.328. The van der Waals surface area contributed by atoms with E-state index in [2.05, 4.69) is 20.6 Å². The molecular weight excluding hydrogens is 396 g/mol.